The average Bonchev–Trinajstić information content (AvgIpc) is 2.92. The van der Waals surface area contributed by atoms with Crippen molar-refractivity contribution >= 4 is 5.91 Å². The molecule has 2 heterocycles. The first-order valence-corrected chi connectivity index (χ1v) is 10.4. The van der Waals surface area contributed by atoms with Gasteiger partial charge in [-0.15, -0.1) is 0 Å². The number of likely N-dealkylation sites (tertiary alicyclic amines) is 1. The normalized spacial score (nSPS) is 19.3. The smallest absolute Gasteiger partial charge is 0.239 e. The molecule has 1 aliphatic rings. The molecule has 2 atom stereocenters. The van der Waals surface area contributed by atoms with Crippen LogP contribution in [0.1, 0.15) is 51.3 Å². The summed E-state index contributed by atoms with van der Waals surface area (Å²) in [5.74, 6) is 0.724. The Bertz CT molecular complexity index is 762. The zero-order chi connectivity index (χ0) is 20.1. The highest BCUT2D eigenvalue weighted by atomic mass is 16.2. The summed E-state index contributed by atoms with van der Waals surface area (Å²) in [7, 11) is 0. The van der Waals surface area contributed by atoms with Gasteiger partial charge in [-0.05, 0) is 36.2 Å². The van der Waals surface area contributed by atoms with E-state index in [9.17, 15) is 4.79 Å². The highest BCUT2D eigenvalue weighted by Gasteiger charge is 2.30. The number of nitrogens with two attached hydrogens (primary N) is 1. The Morgan fingerprint density at radius 2 is 1.96 bits per heavy atom. The van der Waals surface area contributed by atoms with Crippen molar-refractivity contribution in [2.45, 2.75) is 59.0 Å². The van der Waals surface area contributed by atoms with Crippen LogP contribution in [0.15, 0.2) is 42.9 Å². The van der Waals surface area contributed by atoms with Gasteiger partial charge < -0.3 is 15.2 Å². The molecular formula is C23H34N4O. The number of hydrogen-bond acceptors (Lipinski definition) is 3. The molecular weight excluding hydrogens is 348 g/mol. The first-order chi connectivity index (χ1) is 13.3. The van der Waals surface area contributed by atoms with Crippen LogP contribution in [0, 0.1) is 11.3 Å². The second kappa shape index (κ2) is 8.91. The van der Waals surface area contributed by atoms with E-state index in [1.807, 2.05) is 40.2 Å². The maximum Gasteiger partial charge on any atom is 0.239 e. The number of nitrogens with zero attached hydrogens (tertiary/aromatic N) is 3. The summed E-state index contributed by atoms with van der Waals surface area (Å²) in [5.41, 5.74) is 8.67. The Hall–Kier alpha value is -2.14. The van der Waals surface area contributed by atoms with Gasteiger partial charge >= 0.3 is 0 Å². The lowest BCUT2D eigenvalue weighted by atomic mass is 9.77. The van der Waals surface area contributed by atoms with E-state index in [4.69, 9.17) is 5.73 Å². The van der Waals surface area contributed by atoms with E-state index in [1.165, 1.54) is 12.0 Å². The number of amides is 1. The van der Waals surface area contributed by atoms with Crippen molar-refractivity contribution in [2.24, 2.45) is 17.1 Å². The highest BCUT2D eigenvalue weighted by molar-refractivity contribution is 5.82. The summed E-state index contributed by atoms with van der Waals surface area (Å²) in [5, 5.41) is 0. The number of carbonyl (C=O) groups excluding carboxylic acids is 1. The van der Waals surface area contributed by atoms with Crippen molar-refractivity contribution in [2.75, 3.05) is 13.1 Å². The van der Waals surface area contributed by atoms with Crippen LogP contribution in [0.3, 0.4) is 0 Å². The van der Waals surface area contributed by atoms with Gasteiger partial charge in [-0.25, -0.2) is 4.98 Å². The lowest BCUT2D eigenvalue weighted by molar-refractivity contribution is -0.132. The van der Waals surface area contributed by atoms with Crippen LogP contribution in [0.5, 0.6) is 0 Å². The lowest BCUT2D eigenvalue weighted by Gasteiger charge is -2.30. The molecule has 1 fully saturated rings. The van der Waals surface area contributed by atoms with E-state index in [1.54, 1.807) is 0 Å². The summed E-state index contributed by atoms with van der Waals surface area (Å²) in [6, 6.07) is 9.75. The molecule has 3 rings (SSSR count). The number of carbonyl (C=O) groups is 1. The number of benzene rings is 1. The number of imidazole rings is 1. The second-order valence-corrected chi connectivity index (χ2v) is 9.15. The Morgan fingerprint density at radius 1 is 1.21 bits per heavy atom. The molecule has 0 aliphatic carbocycles. The highest BCUT2D eigenvalue weighted by Crippen LogP contribution is 2.34. The van der Waals surface area contributed by atoms with Gasteiger partial charge in [-0.2, -0.15) is 0 Å². The second-order valence-electron chi connectivity index (χ2n) is 9.15. The Morgan fingerprint density at radius 3 is 2.68 bits per heavy atom. The van der Waals surface area contributed by atoms with Crippen LogP contribution in [0.4, 0.5) is 0 Å². The van der Waals surface area contributed by atoms with Gasteiger partial charge in [0, 0.05) is 32.3 Å². The van der Waals surface area contributed by atoms with E-state index < -0.39 is 6.04 Å². The van der Waals surface area contributed by atoms with Crippen LogP contribution in [-0.2, 0) is 17.8 Å². The third-order valence-electron chi connectivity index (χ3n) is 5.91. The summed E-state index contributed by atoms with van der Waals surface area (Å²) in [4.78, 5) is 19.3. The van der Waals surface area contributed by atoms with Crippen molar-refractivity contribution in [3.05, 3.63) is 54.1 Å². The van der Waals surface area contributed by atoms with Gasteiger partial charge in [0.05, 0.1) is 18.1 Å². The average molecular weight is 383 g/mol. The van der Waals surface area contributed by atoms with E-state index in [0.717, 1.165) is 38.2 Å². The van der Waals surface area contributed by atoms with E-state index in [0.29, 0.717) is 17.8 Å². The topological polar surface area (TPSA) is 64.2 Å². The first-order valence-electron chi connectivity index (χ1n) is 10.4. The Labute approximate surface area is 168 Å². The van der Waals surface area contributed by atoms with Crippen molar-refractivity contribution in [3.8, 4) is 0 Å². The van der Waals surface area contributed by atoms with Gasteiger partial charge in [0.1, 0.15) is 0 Å². The monoisotopic (exact) mass is 382 g/mol. The van der Waals surface area contributed by atoms with Crippen molar-refractivity contribution in [1.82, 2.24) is 14.5 Å². The standard InChI is InChI=1S/C23H34N4O/c1-23(2,3)19-10-7-12-27(13-11-19)22(28)21(24)14-20-16-26(17-25-20)15-18-8-5-4-6-9-18/h4-6,8-9,16-17,19,21H,7,10-15,24H2,1-3H3/t19?,21-/m0/s1. The van der Waals surface area contributed by atoms with E-state index >= 15 is 0 Å². The molecule has 0 bridgehead atoms. The maximum absolute atomic E-state index is 12.9. The molecule has 5 heteroatoms. The summed E-state index contributed by atoms with van der Waals surface area (Å²) in [6.07, 6.45) is 7.61. The van der Waals surface area contributed by atoms with Crippen molar-refractivity contribution < 1.29 is 4.79 Å². The zero-order valence-electron chi connectivity index (χ0n) is 17.5. The quantitative estimate of drug-likeness (QED) is 0.861. The summed E-state index contributed by atoms with van der Waals surface area (Å²) >= 11 is 0. The molecule has 1 saturated heterocycles. The summed E-state index contributed by atoms with van der Waals surface area (Å²) < 4.78 is 2.04. The number of hydrogen-bond donors (Lipinski definition) is 1. The minimum Gasteiger partial charge on any atom is -0.341 e. The molecule has 1 aliphatic heterocycles. The molecule has 0 spiro atoms. The van der Waals surface area contributed by atoms with Crippen LogP contribution in [0.25, 0.3) is 0 Å². The fourth-order valence-electron chi connectivity index (χ4n) is 4.12. The van der Waals surface area contributed by atoms with Gasteiger partial charge in [-0.1, -0.05) is 51.1 Å². The molecule has 5 nitrogen and oxygen atoms in total. The third kappa shape index (κ3) is 5.44. The molecule has 28 heavy (non-hydrogen) atoms. The predicted molar refractivity (Wildman–Crippen MR) is 113 cm³/mol. The molecule has 1 aromatic heterocycles. The molecule has 1 aromatic carbocycles. The number of rotatable bonds is 5. The fraction of sp³-hybridized carbons (Fsp3) is 0.565. The Balaban J connectivity index is 1.54. The van der Waals surface area contributed by atoms with Crippen LogP contribution in [-0.4, -0.2) is 39.5 Å². The van der Waals surface area contributed by atoms with Gasteiger partial charge in [0.25, 0.3) is 0 Å². The molecule has 1 unspecified atom stereocenters. The van der Waals surface area contributed by atoms with E-state index in [2.05, 4.69) is 37.9 Å². The van der Waals surface area contributed by atoms with Gasteiger partial charge in [-0.3, -0.25) is 4.79 Å². The lowest BCUT2D eigenvalue weighted by Crippen LogP contribution is -2.45. The SMILES string of the molecule is CC(C)(C)C1CCCN(C(=O)[C@@H](N)Cc2cn(Cc3ccccc3)cn2)CC1. The van der Waals surface area contributed by atoms with Crippen LogP contribution >= 0.6 is 0 Å². The van der Waals surface area contributed by atoms with Gasteiger partial charge in [0.2, 0.25) is 5.91 Å². The molecule has 1 amide bonds. The molecule has 152 valence electrons. The minimum atomic E-state index is -0.522. The maximum atomic E-state index is 12.9. The largest absolute Gasteiger partial charge is 0.341 e. The summed E-state index contributed by atoms with van der Waals surface area (Å²) in [6.45, 7) is 9.31. The molecule has 0 saturated carbocycles. The van der Waals surface area contributed by atoms with Crippen molar-refractivity contribution in [3.63, 3.8) is 0 Å². The first kappa shape index (κ1) is 20.6. The number of aromatic nitrogens is 2. The van der Waals surface area contributed by atoms with Crippen molar-refractivity contribution in [1.29, 1.82) is 0 Å². The van der Waals surface area contributed by atoms with E-state index in [-0.39, 0.29) is 5.91 Å². The van der Waals surface area contributed by atoms with Crippen LogP contribution < -0.4 is 5.73 Å². The third-order valence-corrected chi connectivity index (χ3v) is 5.91. The van der Waals surface area contributed by atoms with Gasteiger partial charge in [0.15, 0.2) is 0 Å². The Kier molecular flexibility index (Phi) is 6.55. The molecule has 0 radical (unpaired) electrons. The predicted octanol–water partition coefficient (Wildman–Crippen LogP) is 3.48. The minimum absolute atomic E-state index is 0.0622. The molecule has 2 aromatic rings. The fourth-order valence-corrected chi connectivity index (χ4v) is 4.12. The zero-order valence-corrected chi connectivity index (χ0v) is 17.5. The molecule has 2 N–H and O–H groups in total. The van der Waals surface area contributed by atoms with Crippen LogP contribution in [0.2, 0.25) is 0 Å².